The molecule has 5 heteroatoms. The third-order valence-electron chi connectivity index (χ3n) is 7.14. The molecule has 0 spiro atoms. The summed E-state index contributed by atoms with van der Waals surface area (Å²) in [4.78, 5) is 22.2. The van der Waals surface area contributed by atoms with Gasteiger partial charge in [-0.2, -0.15) is 0 Å². The Labute approximate surface area is 202 Å². The number of aromatic nitrogens is 1. The Morgan fingerprint density at radius 2 is 1.79 bits per heavy atom. The number of carbonyl (C=O) groups excluding carboxylic acids is 1. The van der Waals surface area contributed by atoms with E-state index in [0.717, 1.165) is 44.2 Å². The van der Waals surface area contributed by atoms with Gasteiger partial charge >= 0.3 is 6.09 Å². The highest BCUT2D eigenvalue weighted by atomic mass is 16.6. The molecule has 0 unspecified atom stereocenters. The van der Waals surface area contributed by atoms with Gasteiger partial charge in [-0.25, -0.2) is 4.79 Å². The van der Waals surface area contributed by atoms with E-state index in [1.807, 2.05) is 56.3 Å². The summed E-state index contributed by atoms with van der Waals surface area (Å²) in [5.74, 6) is 0. The zero-order valence-corrected chi connectivity index (χ0v) is 20.5. The topological polar surface area (TPSA) is 45.7 Å². The number of carbonyl (C=O) groups is 1. The van der Waals surface area contributed by atoms with Crippen LogP contribution in [0.4, 0.5) is 10.5 Å². The number of hydrogen-bond acceptors (Lipinski definition) is 4. The molecule has 1 aromatic heterocycles. The van der Waals surface area contributed by atoms with E-state index in [2.05, 4.69) is 40.2 Å². The lowest BCUT2D eigenvalue weighted by Gasteiger charge is -2.43. The lowest BCUT2D eigenvalue weighted by atomic mass is 9.87. The summed E-state index contributed by atoms with van der Waals surface area (Å²) in [6.45, 7) is 7.44. The van der Waals surface area contributed by atoms with Crippen molar-refractivity contribution >= 4 is 22.6 Å². The number of rotatable bonds is 4. The van der Waals surface area contributed by atoms with E-state index < -0.39 is 5.60 Å². The van der Waals surface area contributed by atoms with Crippen molar-refractivity contribution in [1.82, 2.24) is 9.88 Å². The predicted octanol–water partition coefficient (Wildman–Crippen LogP) is 6.35. The minimum atomic E-state index is -0.502. The monoisotopic (exact) mass is 457 g/mol. The van der Waals surface area contributed by atoms with Gasteiger partial charge in [0.2, 0.25) is 0 Å². The predicted molar refractivity (Wildman–Crippen MR) is 137 cm³/mol. The van der Waals surface area contributed by atoms with E-state index in [-0.39, 0.29) is 12.1 Å². The van der Waals surface area contributed by atoms with E-state index in [0.29, 0.717) is 12.6 Å². The molecule has 1 saturated carbocycles. The van der Waals surface area contributed by atoms with Gasteiger partial charge in [-0.05, 0) is 70.1 Å². The van der Waals surface area contributed by atoms with Gasteiger partial charge in [0.05, 0.1) is 0 Å². The fourth-order valence-corrected chi connectivity index (χ4v) is 5.58. The average Bonchev–Trinajstić information content (AvgIpc) is 2.83. The first-order valence-electron chi connectivity index (χ1n) is 12.5. The number of pyridine rings is 1. The Kier molecular flexibility index (Phi) is 6.20. The summed E-state index contributed by atoms with van der Waals surface area (Å²) in [6, 6.07) is 17.5. The van der Waals surface area contributed by atoms with Crippen LogP contribution in [0.5, 0.6) is 0 Å². The minimum Gasteiger partial charge on any atom is -0.444 e. The van der Waals surface area contributed by atoms with Crippen molar-refractivity contribution in [2.24, 2.45) is 0 Å². The second-order valence-corrected chi connectivity index (χ2v) is 10.7. The van der Waals surface area contributed by atoms with Gasteiger partial charge < -0.3 is 14.5 Å². The Morgan fingerprint density at radius 1 is 1.03 bits per heavy atom. The van der Waals surface area contributed by atoms with Crippen LogP contribution in [0.2, 0.25) is 0 Å². The highest BCUT2D eigenvalue weighted by Crippen LogP contribution is 2.38. The normalized spacial score (nSPS) is 20.3. The lowest BCUT2D eigenvalue weighted by Crippen LogP contribution is -2.48. The zero-order chi connectivity index (χ0) is 23.7. The van der Waals surface area contributed by atoms with Crippen LogP contribution in [0.1, 0.15) is 57.6 Å². The van der Waals surface area contributed by atoms with Gasteiger partial charge in [-0.15, -0.1) is 0 Å². The highest BCUT2D eigenvalue weighted by molar-refractivity contribution is 5.97. The molecule has 2 aliphatic rings. The summed E-state index contributed by atoms with van der Waals surface area (Å²) in [5.41, 5.74) is 3.34. The van der Waals surface area contributed by atoms with Crippen LogP contribution >= 0.6 is 0 Å². The van der Waals surface area contributed by atoms with Crippen molar-refractivity contribution in [3.8, 4) is 0 Å². The van der Waals surface area contributed by atoms with Gasteiger partial charge in [0.1, 0.15) is 5.60 Å². The van der Waals surface area contributed by atoms with Crippen LogP contribution in [0.15, 0.2) is 60.9 Å². The van der Waals surface area contributed by atoms with E-state index in [9.17, 15) is 4.79 Å². The molecule has 1 aliphatic carbocycles. The Morgan fingerprint density at radius 3 is 2.53 bits per heavy atom. The van der Waals surface area contributed by atoms with Crippen molar-refractivity contribution in [3.63, 3.8) is 0 Å². The number of anilines is 1. The van der Waals surface area contributed by atoms with E-state index in [1.54, 1.807) is 0 Å². The number of amides is 1. The first-order chi connectivity index (χ1) is 16.4. The van der Waals surface area contributed by atoms with Gasteiger partial charge in [-0.1, -0.05) is 42.5 Å². The fraction of sp³-hybridized carbons (Fsp3) is 0.448. The molecule has 1 fully saturated rings. The average molecular weight is 458 g/mol. The summed E-state index contributed by atoms with van der Waals surface area (Å²) in [7, 11) is 0. The Hall–Kier alpha value is -3.08. The number of nitrogens with zero attached hydrogens (tertiary/aromatic N) is 3. The molecular weight excluding hydrogens is 422 g/mol. The van der Waals surface area contributed by atoms with Crippen molar-refractivity contribution in [2.45, 2.75) is 77.1 Å². The maximum absolute atomic E-state index is 13.2. The SMILES string of the molecule is CC(C)(C)OC(=O)N(Cc1ccccc1)[C@H]1CC[C@@H](N2CCc3cncc4cccc2c34)CC1. The molecule has 0 radical (unpaired) electrons. The second kappa shape index (κ2) is 9.28. The van der Waals surface area contributed by atoms with Crippen LogP contribution in [-0.2, 0) is 17.7 Å². The molecule has 34 heavy (non-hydrogen) atoms. The molecule has 1 aliphatic heterocycles. The molecule has 0 bridgehead atoms. The van der Waals surface area contributed by atoms with Crippen LogP contribution in [0.25, 0.3) is 10.8 Å². The number of ether oxygens (including phenoxy) is 1. The van der Waals surface area contributed by atoms with E-state index in [4.69, 9.17) is 4.74 Å². The Balaban J connectivity index is 1.32. The van der Waals surface area contributed by atoms with Crippen LogP contribution in [0, 0.1) is 0 Å². The van der Waals surface area contributed by atoms with Crippen LogP contribution in [-0.4, -0.2) is 40.2 Å². The van der Waals surface area contributed by atoms with Crippen molar-refractivity contribution in [1.29, 1.82) is 0 Å². The molecule has 0 N–H and O–H groups in total. The summed E-state index contributed by atoms with van der Waals surface area (Å²) in [6.07, 6.45) is 8.99. The van der Waals surface area contributed by atoms with Gasteiger partial charge in [0.25, 0.3) is 0 Å². The third-order valence-corrected chi connectivity index (χ3v) is 7.14. The highest BCUT2D eigenvalue weighted by Gasteiger charge is 2.34. The first kappa shape index (κ1) is 22.7. The quantitative estimate of drug-likeness (QED) is 0.458. The largest absolute Gasteiger partial charge is 0.444 e. The summed E-state index contributed by atoms with van der Waals surface area (Å²) >= 11 is 0. The molecule has 178 valence electrons. The van der Waals surface area contributed by atoms with Crippen LogP contribution < -0.4 is 4.90 Å². The molecule has 0 atom stereocenters. The molecule has 0 saturated heterocycles. The van der Waals surface area contributed by atoms with E-state index >= 15 is 0 Å². The zero-order valence-electron chi connectivity index (χ0n) is 20.5. The minimum absolute atomic E-state index is 0.198. The first-order valence-corrected chi connectivity index (χ1v) is 12.5. The van der Waals surface area contributed by atoms with Gasteiger partial charge in [0.15, 0.2) is 0 Å². The molecular formula is C29H35N3O2. The summed E-state index contributed by atoms with van der Waals surface area (Å²) < 4.78 is 5.82. The summed E-state index contributed by atoms with van der Waals surface area (Å²) in [5, 5.41) is 2.60. The maximum atomic E-state index is 13.2. The van der Waals surface area contributed by atoms with Crippen LogP contribution in [0.3, 0.4) is 0 Å². The van der Waals surface area contributed by atoms with Gasteiger partial charge in [-0.3, -0.25) is 4.98 Å². The smallest absolute Gasteiger partial charge is 0.410 e. The molecule has 2 aromatic carbocycles. The fourth-order valence-electron chi connectivity index (χ4n) is 5.58. The molecule has 2 heterocycles. The molecule has 5 rings (SSSR count). The number of benzene rings is 2. The molecule has 3 aromatic rings. The lowest BCUT2D eigenvalue weighted by molar-refractivity contribution is 0.00920. The standard InChI is InChI=1S/C29H35N3O2/c1-29(2,3)34-28(33)32(20-21-8-5-4-6-9-21)25-14-12-24(13-15-25)31-17-16-23-19-30-18-22-10-7-11-26(31)27(22)23/h4-11,18-19,24-25H,12-17,20H2,1-3H3/t24-,25+. The van der Waals surface area contributed by atoms with Crippen molar-refractivity contribution < 1.29 is 9.53 Å². The van der Waals surface area contributed by atoms with Crippen molar-refractivity contribution in [2.75, 3.05) is 11.4 Å². The Bertz CT molecular complexity index is 1140. The molecule has 5 nitrogen and oxygen atoms in total. The number of hydrogen-bond donors (Lipinski definition) is 0. The van der Waals surface area contributed by atoms with Crippen molar-refractivity contribution in [3.05, 3.63) is 72.1 Å². The van der Waals surface area contributed by atoms with E-state index in [1.165, 1.54) is 22.0 Å². The van der Waals surface area contributed by atoms with Gasteiger partial charge in [0, 0.05) is 54.0 Å². The third kappa shape index (κ3) is 4.75. The maximum Gasteiger partial charge on any atom is 0.410 e. The second-order valence-electron chi connectivity index (χ2n) is 10.7. The molecule has 1 amide bonds.